The normalized spacial score (nSPS) is 12.4. The Labute approximate surface area is 83.8 Å². The molecule has 1 aromatic carbocycles. The first-order valence-corrected chi connectivity index (χ1v) is 4.59. The van der Waals surface area contributed by atoms with Gasteiger partial charge in [0.2, 0.25) is 0 Å². The fraction of sp³-hybridized carbons (Fsp3) is 0.364. The highest BCUT2D eigenvalue weighted by atomic mass is 16.4. The quantitative estimate of drug-likeness (QED) is 0.765. The third kappa shape index (κ3) is 2.85. The molecule has 0 bridgehead atoms. The Balaban J connectivity index is 2.78. The van der Waals surface area contributed by atoms with Gasteiger partial charge in [-0.1, -0.05) is 29.8 Å². The molecular weight excluding hydrogens is 178 g/mol. The minimum atomic E-state index is -0.787. The van der Waals surface area contributed by atoms with E-state index < -0.39 is 5.97 Å². The summed E-state index contributed by atoms with van der Waals surface area (Å²) < 4.78 is 0. The summed E-state index contributed by atoms with van der Waals surface area (Å²) >= 11 is 0. The van der Waals surface area contributed by atoms with Gasteiger partial charge < -0.3 is 10.4 Å². The molecule has 1 rings (SSSR count). The third-order valence-corrected chi connectivity index (χ3v) is 2.21. The Hall–Kier alpha value is -1.35. The second-order valence-electron chi connectivity index (χ2n) is 3.35. The second-order valence-corrected chi connectivity index (χ2v) is 3.35. The smallest absolute Gasteiger partial charge is 0.305 e. The summed E-state index contributed by atoms with van der Waals surface area (Å²) in [7, 11) is 1.77. The van der Waals surface area contributed by atoms with Crippen LogP contribution in [-0.2, 0) is 4.79 Å². The predicted octanol–water partition coefficient (Wildman–Crippen LogP) is 1.73. The van der Waals surface area contributed by atoms with E-state index in [0.29, 0.717) is 0 Å². The van der Waals surface area contributed by atoms with Crippen LogP contribution in [0.15, 0.2) is 24.3 Å². The molecule has 0 aliphatic heterocycles. The van der Waals surface area contributed by atoms with E-state index in [4.69, 9.17) is 5.11 Å². The first-order valence-electron chi connectivity index (χ1n) is 4.59. The van der Waals surface area contributed by atoms with Crippen molar-refractivity contribution in [3.05, 3.63) is 35.4 Å². The molecule has 0 aliphatic rings. The van der Waals surface area contributed by atoms with Crippen LogP contribution in [0.5, 0.6) is 0 Å². The summed E-state index contributed by atoms with van der Waals surface area (Å²) in [6, 6.07) is 7.79. The highest BCUT2D eigenvalue weighted by molar-refractivity contribution is 5.67. The fourth-order valence-corrected chi connectivity index (χ4v) is 1.36. The van der Waals surface area contributed by atoms with E-state index >= 15 is 0 Å². The number of carboxylic acid groups (broad SMARTS) is 1. The summed E-state index contributed by atoms with van der Waals surface area (Å²) in [6.45, 7) is 2.01. The molecule has 0 amide bonds. The maximum Gasteiger partial charge on any atom is 0.305 e. The van der Waals surface area contributed by atoms with E-state index in [1.54, 1.807) is 7.05 Å². The van der Waals surface area contributed by atoms with Gasteiger partial charge in [-0.05, 0) is 19.5 Å². The monoisotopic (exact) mass is 193 g/mol. The summed E-state index contributed by atoms with van der Waals surface area (Å²) in [5.74, 6) is -0.787. The molecule has 14 heavy (non-hydrogen) atoms. The molecule has 0 fully saturated rings. The Morgan fingerprint density at radius 1 is 1.43 bits per heavy atom. The summed E-state index contributed by atoms with van der Waals surface area (Å²) in [5.41, 5.74) is 2.19. The summed E-state index contributed by atoms with van der Waals surface area (Å²) in [6.07, 6.45) is 0.111. The standard InChI is InChI=1S/C11H15NO2/c1-8-3-5-9(6-4-8)10(12-2)7-11(13)14/h3-6,10,12H,7H2,1-2H3,(H,13,14)/t10-/m0/s1. The minimum Gasteiger partial charge on any atom is -0.481 e. The summed E-state index contributed by atoms with van der Waals surface area (Å²) in [4.78, 5) is 10.6. The molecule has 1 atom stereocenters. The van der Waals surface area contributed by atoms with Gasteiger partial charge in [-0.15, -0.1) is 0 Å². The van der Waals surface area contributed by atoms with Crippen molar-refractivity contribution in [3.63, 3.8) is 0 Å². The zero-order valence-corrected chi connectivity index (χ0v) is 8.45. The number of nitrogens with one attached hydrogen (secondary N) is 1. The number of aryl methyl sites for hydroxylation is 1. The van der Waals surface area contributed by atoms with Crippen LogP contribution in [0.3, 0.4) is 0 Å². The van der Waals surface area contributed by atoms with Crippen LogP contribution in [0, 0.1) is 6.92 Å². The van der Waals surface area contributed by atoms with Gasteiger partial charge in [0.15, 0.2) is 0 Å². The topological polar surface area (TPSA) is 49.3 Å². The van der Waals surface area contributed by atoms with Gasteiger partial charge in [-0.25, -0.2) is 0 Å². The Bertz CT molecular complexity index is 306. The lowest BCUT2D eigenvalue weighted by Gasteiger charge is -2.14. The van der Waals surface area contributed by atoms with Crippen molar-refractivity contribution in [2.45, 2.75) is 19.4 Å². The molecule has 0 radical (unpaired) electrons. The number of hydrogen-bond donors (Lipinski definition) is 2. The summed E-state index contributed by atoms with van der Waals surface area (Å²) in [5, 5.41) is 11.7. The van der Waals surface area contributed by atoms with Crippen LogP contribution in [0.4, 0.5) is 0 Å². The molecule has 0 saturated heterocycles. The number of carboxylic acids is 1. The predicted molar refractivity (Wildman–Crippen MR) is 55.2 cm³/mol. The van der Waals surface area contributed by atoms with Gasteiger partial charge in [-0.2, -0.15) is 0 Å². The molecule has 2 N–H and O–H groups in total. The lowest BCUT2D eigenvalue weighted by Crippen LogP contribution is -2.19. The van der Waals surface area contributed by atoms with Crippen molar-refractivity contribution in [1.29, 1.82) is 0 Å². The van der Waals surface area contributed by atoms with Crippen LogP contribution < -0.4 is 5.32 Å². The van der Waals surface area contributed by atoms with Gasteiger partial charge >= 0.3 is 5.97 Å². The molecule has 0 spiro atoms. The van der Waals surface area contributed by atoms with Crippen LogP contribution in [0.2, 0.25) is 0 Å². The van der Waals surface area contributed by atoms with Crippen molar-refractivity contribution >= 4 is 5.97 Å². The zero-order chi connectivity index (χ0) is 10.6. The molecule has 1 aromatic rings. The van der Waals surface area contributed by atoms with Crippen LogP contribution in [-0.4, -0.2) is 18.1 Å². The second kappa shape index (κ2) is 4.77. The highest BCUT2D eigenvalue weighted by Crippen LogP contribution is 2.16. The van der Waals surface area contributed by atoms with Crippen LogP contribution in [0.1, 0.15) is 23.6 Å². The van der Waals surface area contributed by atoms with Gasteiger partial charge in [-0.3, -0.25) is 4.79 Å². The molecule has 0 heterocycles. The van der Waals surface area contributed by atoms with E-state index in [9.17, 15) is 4.79 Å². The third-order valence-electron chi connectivity index (χ3n) is 2.21. The van der Waals surface area contributed by atoms with Crippen LogP contribution >= 0.6 is 0 Å². The molecule has 3 nitrogen and oxygen atoms in total. The van der Waals surface area contributed by atoms with Gasteiger partial charge in [0.1, 0.15) is 0 Å². The number of benzene rings is 1. The van der Waals surface area contributed by atoms with Gasteiger partial charge in [0, 0.05) is 6.04 Å². The molecular formula is C11H15NO2. The van der Waals surface area contributed by atoms with Crippen molar-refractivity contribution < 1.29 is 9.90 Å². The Morgan fingerprint density at radius 3 is 2.43 bits per heavy atom. The van der Waals surface area contributed by atoms with Crippen molar-refractivity contribution in [2.24, 2.45) is 0 Å². The van der Waals surface area contributed by atoms with E-state index in [2.05, 4.69) is 5.32 Å². The van der Waals surface area contributed by atoms with E-state index in [-0.39, 0.29) is 12.5 Å². The van der Waals surface area contributed by atoms with E-state index in [1.165, 1.54) is 5.56 Å². The SMILES string of the molecule is CN[C@@H](CC(=O)O)c1ccc(C)cc1. The Kier molecular flexibility index (Phi) is 3.65. The molecule has 0 aromatic heterocycles. The van der Waals surface area contributed by atoms with Crippen molar-refractivity contribution in [2.75, 3.05) is 7.05 Å². The molecule has 0 saturated carbocycles. The maximum absolute atomic E-state index is 10.6. The van der Waals surface area contributed by atoms with E-state index in [1.807, 2.05) is 31.2 Å². The molecule has 3 heteroatoms. The average molecular weight is 193 g/mol. The minimum absolute atomic E-state index is 0.104. The molecule has 76 valence electrons. The number of aliphatic carboxylic acids is 1. The van der Waals surface area contributed by atoms with Gasteiger partial charge in [0.05, 0.1) is 6.42 Å². The molecule has 0 aliphatic carbocycles. The van der Waals surface area contributed by atoms with E-state index in [0.717, 1.165) is 5.56 Å². The first kappa shape index (κ1) is 10.7. The number of carbonyl (C=O) groups is 1. The number of hydrogen-bond acceptors (Lipinski definition) is 2. The van der Waals surface area contributed by atoms with Crippen LogP contribution in [0.25, 0.3) is 0 Å². The van der Waals surface area contributed by atoms with Gasteiger partial charge in [0.25, 0.3) is 0 Å². The zero-order valence-electron chi connectivity index (χ0n) is 8.45. The largest absolute Gasteiger partial charge is 0.481 e. The fourth-order valence-electron chi connectivity index (χ4n) is 1.36. The average Bonchev–Trinajstić information content (AvgIpc) is 2.15. The lowest BCUT2D eigenvalue weighted by atomic mass is 10.0. The Morgan fingerprint density at radius 2 is 2.00 bits per heavy atom. The number of rotatable bonds is 4. The lowest BCUT2D eigenvalue weighted by molar-refractivity contribution is -0.137. The van der Waals surface area contributed by atoms with Crippen molar-refractivity contribution in [3.8, 4) is 0 Å². The maximum atomic E-state index is 10.6. The highest BCUT2D eigenvalue weighted by Gasteiger charge is 2.12. The van der Waals surface area contributed by atoms with Crippen molar-refractivity contribution in [1.82, 2.24) is 5.32 Å². The first-order chi connectivity index (χ1) is 6.63. The molecule has 0 unspecified atom stereocenters.